The van der Waals surface area contributed by atoms with Gasteiger partial charge in [-0.25, -0.2) is 0 Å². The first-order valence-corrected chi connectivity index (χ1v) is 8.41. The van der Waals surface area contributed by atoms with E-state index in [2.05, 4.69) is 5.32 Å². The Morgan fingerprint density at radius 3 is 2.29 bits per heavy atom. The van der Waals surface area contributed by atoms with Crippen LogP contribution in [-0.4, -0.2) is 23.2 Å². The van der Waals surface area contributed by atoms with E-state index in [0.717, 1.165) is 0 Å². The minimum absolute atomic E-state index is 0.00343. The number of ketones is 1. The normalized spacial score (nSPS) is 10.1. The van der Waals surface area contributed by atoms with Gasteiger partial charge < -0.3 is 10.1 Å². The van der Waals surface area contributed by atoms with Gasteiger partial charge in [0, 0.05) is 17.2 Å². The number of hydrogen-bond acceptors (Lipinski definition) is 5. The number of anilines is 1. The van der Waals surface area contributed by atoms with Crippen LogP contribution in [0.15, 0.2) is 78.9 Å². The van der Waals surface area contributed by atoms with E-state index in [0.29, 0.717) is 16.8 Å². The molecule has 3 aromatic carbocycles. The average molecular weight is 376 g/mol. The molecule has 0 fully saturated rings. The molecule has 0 unspecified atom stereocenters. The van der Waals surface area contributed by atoms with E-state index in [1.165, 1.54) is 18.2 Å². The molecule has 1 amide bonds. The van der Waals surface area contributed by atoms with E-state index in [1.54, 1.807) is 54.6 Å². The van der Waals surface area contributed by atoms with E-state index in [4.69, 9.17) is 4.74 Å². The molecule has 0 saturated carbocycles. The minimum Gasteiger partial charge on any atom is -0.477 e. The fraction of sp³-hybridized carbons (Fsp3) is 0.0476. The molecule has 0 bridgehead atoms. The summed E-state index contributed by atoms with van der Waals surface area (Å²) < 4.78 is 5.28. The zero-order valence-electron chi connectivity index (χ0n) is 14.7. The summed E-state index contributed by atoms with van der Waals surface area (Å²) >= 11 is 0. The van der Waals surface area contributed by atoms with E-state index in [1.807, 2.05) is 6.07 Å². The van der Waals surface area contributed by atoms with Crippen molar-refractivity contribution in [3.63, 3.8) is 0 Å². The van der Waals surface area contributed by atoms with E-state index in [-0.39, 0.29) is 17.2 Å². The van der Waals surface area contributed by atoms with E-state index < -0.39 is 17.4 Å². The molecule has 0 aliphatic heterocycles. The third-order valence-electron chi connectivity index (χ3n) is 3.90. The van der Waals surface area contributed by atoms with E-state index >= 15 is 0 Å². The van der Waals surface area contributed by atoms with Crippen LogP contribution in [0.3, 0.4) is 0 Å². The number of nitro benzene ring substituents is 1. The van der Waals surface area contributed by atoms with Crippen molar-refractivity contribution in [3.05, 3.63) is 100 Å². The Bertz CT molecular complexity index is 1020. The molecule has 0 saturated heterocycles. The molecule has 0 heterocycles. The highest BCUT2D eigenvalue weighted by Gasteiger charge is 2.17. The Morgan fingerprint density at radius 1 is 0.893 bits per heavy atom. The summed E-state index contributed by atoms with van der Waals surface area (Å²) in [7, 11) is 0. The largest absolute Gasteiger partial charge is 0.477 e. The van der Waals surface area contributed by atoms with Gasteiger partial charge in [0.25, 0.3) is 5.91 Å². The zero-order chi connectivity index (χ0) is 19.9. The Labute approximate surface area is 160 Å². The number of nitrogens with zero attached hydrogens (tertiary/aromatic N) is 1. The smallest absolute Gasteiger partial charge is 0.310 e. The molecule has 0 aliphatic rings. The number of rotatable bonds is 7. The van der Waals surface area contributed by atoms with Crippen LogP contribution in [-0.2, 0) is 4.79 Å². The summed E-state index contributed by atoms with van der Waals surface area (Å²) in [5, 5.41) is 13.6. The first kappa shape index (κ1) is 18.8. The molecular formula is C21H16N2O5. The highest BCUT2D eigenvalue weighted by molar-refractivity contribution is 6.13. The maximum Gasteiger partial charge on any atom is 0.310 e. The van der Waals surface area contributed by atoms with Gasteiger partial charge in [-0.15, -0.1) is 0 Å². The molecular weight excluding hydrogens is 360 g/mol. The predicted octanol–water partition coefficient (Wildman–Crippen LogP) is 3.84. The van der Waals surface area contributed by atoms with Crippen molar-refractivity contribution in [2.24, 2.45) is 0 Å². The van der Waals surface area contributed by atoms with Crippen LogP contribution in [0, 0.1) is 10.1 Å². The predicted molar refractivity (Wildman–Crippen MR) is 104 cm³/mol. The van der Waals surface area contributed by atoms with Crippen molar-refractivity contribution in [1.82, 2.24) is 0 Å². The van der Waals surface area contributed by atoms with Gasteiger partial charge in [0.15, 0.2) is 18.1 Å². The third-order valence-corrected chi connectivity index (χ3v) is 3.90. The van der Waals surface area contributed by atoms with Crippen LogP contribution in [0.25, 0.3) is 0 Å². The van der Waals surface area contributed by atoms with Crippen molar-refractivity contribution in [1.29, 1.82) is 0 Å². The number of hydrogen-bond donors (Lipinski definition) is 1. The quantitative estimate of drug-likeness (QED) is 0.384. The summed E-state index contributed by atoms with van der Waals surface area (Å²) in [4.78, 5) is 35.4. The van der Waals surface area contributed by atoms with Crippen LogP contribution < -0.4 is 10.1 Å². The lowest BCUT2D eigenvalue weighted by molar-refractivity contribution is -0.385. The van der Waals surface area contributed by atoms with Gasteiger partial charge in [-0.2, -0.15) is 0 Å². The standard InChI is InChI=1S/C21H16N2O5/c24-20(14-28-19-13-7-6-12-18(19)23(26)27)22-17-11-5-4-10-16(17)21(25)15-8-2-1-3-9-15/h1-13H,14H2,(H,22,24). The number of carbonyl (C=O) groups excluding carboxylic acids is 2. The maximum absolute atomic E-state index is 12.7. The number of benzene rings is 3. The molecule has 7 heteroatoms. The molecule has 0 aromatic heterocycles. The number of carbonyl (C=O) groups is 2. The first-order chi connectivity index (χ1) is 13.6. The molecule has 0 spiro atoms. The summed E-state index contributed by atoms with van der Waals surface area (Å²) in [5.74, 6) is -0.765. The number of nitrogens with one attached hydrogen (secondary N) is 1. The highest BCUT2D eigenvalue weighted by Crippen LogP contribution is 2.26. The summed E-state index contributed by atoms with van der Waals surface area (Å²) in [6, 6.07) is 21.1. The summed E-state index contributed by atoms with van der Waals surface area (Å²) in [5.41, 5.74) is 0.954. The molecule has 3 aromatic rings. The minimum atomic E-state index is -0.582. The van der Waals surface area contributed by atoms with Crippen molar-refractivity contribution < 1.29 is 19.2 Å². The van der Waals surface area contributed by atoms with Gasteiger partial charge in [0.2, 0.25) is 0 Å². The lowest BCUT2D eigenvalue weighted by Crippen LogP contribution is -2.22. The molecule has 1 N–H and O–H groups in total. The van der Waals surface area contributed by atoms with Crippen LogP contribution in [0.5, 0.6) is 5.75 Å². The average Bonchev–Trinajstić information content (AvgIpc) is 2.73. The lowest BCUT2D eigenvalue weighted by atomic mass is 10.0. The Hall–Kier alpha value is -4.00. The third kappa shape index (κ3) is 4.39. The van der Waals surface area contributed by atoms with Crippen LogP contribution in [0.1, 0.15) is 15.9 Å². The second-order valence-electron chi connectivity index (χ2n) is 5.80. The molecule has 0 radical (unpaired) electrons. The molecule has 28 heavy (non-hydrogen) atoms. The number of para-hydroxylation sites is 3. The van der Waals surface area contributed by atoms with Gasteiger partial charge in [-0.1, -0.05) is 54.6 Å². The second kappa shape index (κ2) is 8.59. The number of amides is 1. The topological polar surface area (TPSA) is 98.5 Å². The monoisotopic (exact) mass is 376 g/mol. The van der Waals surface area contributed by atoms with Crippen LogP contribution in [0.4, 0.5) is 11.4 Å². The molecule has 0 atom stereocenters. The van der Waals surface area contributed by atoms with E-state index in [9.17, 15) is 19.7 Å². The number of ether oxygens (including phenoxy) is 1. The Kier molecular flexibility index (Phi) is 5.76. The van der Waals surface area contributed by atoms with Crippen molar-refractivity contribution >= 4 is 23.1 Å². The van der Waals surface area contributed by atoms with Gasteiger partial charge in [0.05, 0.1) is 10.6 Å². The van der Waals surface area contributed by atoms with Crippen molar-refractivity contribution in [2.45, 2.75) is 0 Å². The molecule has 140 valence electrons. The molecule has 7 nitrogen and oxygen atoms in total. The Morgan fingerprint density at radius 2 is 1.54 bits per heavy atom. The SMILES string of the molecule is O=C(COc1ccccc1[N+](=O)[O-])Nc1ccccc1C(=O)c1ccccc1. The van der Waals surface area contributed by atoms with Gasteiger partial charge in [0.1, 0.15) is 0 Å². The number of nitro groups is 1. The zero-order valence-corrected chi connectivity index (χ0v) is 14.7. The van der Waals surface area contributed by atoms with Gasteiger partial charge in [-0.05, 0) is 18.2 Å². The van der Waals surface area contributed by atoms with Crippen LogP contribution >= 0.6 is 0 Å². The maximum atomic E-state index is 12.7. The van der Waals surface area contributed by atoms with Crippen molar-refractivity contribution in [3.8, 4) is 5.75 Å². The fourth-order valence-electron chi connectivity index (χ4n) is 2.59. The molecule has 3 rings (SSSR count). The Balaban J connectivity index is 1.72. The van der Waals surface area contributed by atoms with Gasteiger partial charge >= 0.3 is 5.69 Å². The highest BCUT2D eigenvalue weighted by atomic mass is 16.6. The fourth-order valence-corrected chi connectivity index (χ4v) is 2.59. The first-order valence-electron chi connectivity index (χ1n) is 8.41. The van der Waals surface area contributed by atoms with Crippen LogP contribution in [0.2, 0.25) is 0 Å². The van der Waals surface area contributed by atoms with Crippen molar-refractivity contribution in [2.75, 3.05) is 11.9 Å². The lowest BCUT2D eigenvalue weighted by Gasteiger charge is -2.11. The molecule has 0 aliphatic carbocycles. The summed E-state index contributed by atoms with van der Waals surface area (Å²) in [6.45, 7) is -0.432. The second-order valence-corrected chi connectivity index (χ2v) is 5.80. The summed E-state index contributed by atoms with van der Waals surface area (Å²) in [6.07, 6.45) is 0. The van der Waals surface area contributed by atoms with Gasteiger partial charge in [-0.3, -0.25) is 19.7 Å².